The quantitative estimate of drug-likeness (QED) is 0.474. The molecule has 1 saturated carbocycles. The van der Waals surface area contributed by atoms with Crippen LogP contribution in [-0.4, -0.2) is 10.9 Å². The molecule has 0 saturated heterocycles. The van der Waals surface area contributed by atoms with E-state index in [1.165, 1.54) is 22.1 Å². The predicted octanol–water partition coefficient (Wildman–Crippen LogP) is 3.63. The van der Waals surface area contributed by atoms with Gasteiger partial charge in [-0.1, -0.05) is 6.92 Å². The first-order valence-electron chi connectivity index (χ1n) is 3.80. The molecular formula is C7H13IOS2. The minimum atomic E-state index is 0.260. The molecule has 0 aromatic rings. The first kappa shape index (κ1) is 10.5. The molecule has 4 heteroatoms. The number of hydrogen-bond donors (Lipinski definition) is 1. The van der Waals surface area contributed by atoms with Crippen molar-refractivity contribution in [3.8, 4) is 0 Å². The summed E-state index contributed by atoms with van der Waals surface area (Å²) in [7, 11) is 1.45. The minimum absolute atomic E-state index is 0.260. The fraction of sp³-hybridized carbons (Fsp3) is 1.00. The van der Waals surface area contributed by atoms with Gasteiger partial charge in [-0.25, -0.2) is 0 Å². The maximum atomic E-state index is 5.45. The first-order valence-corrected chi connectivity index (χ1v) is 7.54. The van der Waals surface area contributed by atoms with Crippen molar-refractivity contribution in [1.29, 1.82) is 0 Å². The molecule has 1 nitrogen and oxygen atoms in total. The van der Waals surface area contributed by atoms with Crippen molar-refractivity contribution in [2.45, 2.75) is 43.5 Å². The number of hydrogen-bond acceptors (Lipinski definition) is 3. The van der Waals surface area contributed by atoms with Crippen molar-refractivity contribution >= 4 is 43.0 Å². The summed E-state index contributed by atoms with van der Waals surface area (Å²) >= 11 is 6.74. The fourth-order valence-corrected chi connectivity index (χ4v) is 2.80. The van der Waals surface area contributed by atoms with Crippen LogP contribution in [-0.2, 0) is 4.18 Å². The van der Waals surface area contributed by atoms with E-state index < -0.39 is 0 Å². The summed E-state index contributed by atoms with van der Waals surface area (Å²) in [6.45, 7) is 2.21. The van der Waals surface area contributed by atoms with E-state index in [9.17, 15) is 0 Å². The maximum absolute atomic E-state index is 5.45. The van der Waals surface area contributed by atoms with Crippen LogP contribution in [0.25, 0.3) is 0 Å². The average Bonchev–Trinajstić information content (AvgIpc) is 1.94. The zero-order chi connectivity index (χ0) is 8.32. The Labute approximate surface area is 90.2 Å². The summed E-state index contributed by atoms with van der Waals surface area (Å²) in [6.07, 6.45) is 5.15. The van der Waals surface area contributed by atoms with Crippen LogP contribution in [0, 0.1) is 0 Å². The second-order valence-corrected chi connectivity index (χ2v) is 5.83. The zero-order valence-electron chi connectivity index (χ0n) is 6.55. The van der Waals surface area contributed by atoms with Gasteiger partial charge < -0.3 is 4.18 Å². The lowest BCUT2D eigenvalue weighted by Crippen LogP contribution is -2.28. The lowest BCUT2D eigenvalue weighted by molar-refractivity contribution is 0.174. The van der Waals surface area contributed by atoms with E-state index in [0.717, 1.165) is 12.8 Å². The van der Waals surface area contributed by atoms with Crippen LogP contribution in [0.3, 0.4) is 0 Å². The van der Waals surface area contributed by atoms with Crippen molar-refractivity contribution in [1.82, 2.24) is 0 Å². The summed E-state index contributed by atoms with van der Waals surface area (Å²) < 4.78 is 5.71. The van der Waals surface area contributed by atoms with Crippen molar-refractivity contribution in [2.75, 3.05) is 0 Å². The summed E-state index contributed by atoms with van der Waals surface area (Å²) in [4.78, 5) is 0. The highest BCUT2D eigenvalue weighted by Crippen LogP contribution is 2.36. The minimum Gasteiger partial charge on any atom is -0.302 e. The van der Waals surface area contributed by atoms with Gasteiger partial charge in [0.15, 0.2) is 0 Å². The third kappa shape index (κ3) is 3.74. The van der Waals surface area contributed by atoms with E-state index in [-0.39, 0.29) is 4.75 Å². The molecule has 0 N–H and O–H groups in total. The summed E-state index contributed by atoms with van der Waals surface area (Å²) in [6, 6.07) is 0. The van der Waals surface area contributed by atoms with Gasteiger partial charge in [0.05, 0.1) is 15.3 Å². The highest BCUT2D eigenvalue weighted by atomic mass is 127. The van der Waals surface area contributed by atoms with Crippen molar-refractivity contribution in [3.63, 3.8) is 0 Å². The van der Waals surface area contributed by atoms with E-state index >= 15 is 0 Å². The second kappa shape index (κ2) is 4.58. The SMILES string of the molecule is CC1(S)CCC(OSI)CC1. The first-order chi connectivity index (χ1) is 5.14. The van der Waals surface area contributed by atoms with Crippen LogP contribution in [0.2, 0.25) is 0 Å². The van der Waals surface area contributed by atoms with E-state index in [1.54, 1.807) is 0 Å². The summed E-state index contributed by atoms with van der Waals surface area (Å²) in [5.41, 5.74) is 0. The molecule has 1 rings (SSSR count). The van der Waals surface area contributed by atoms with Gasteiger partial charge in [-0.15, -0.1) is 0 Å². The van der Waals surface area contributed by atoms with Crippen LogP contribution in [0.5, 0.6) is 0 Å². The van der Waals surface area contributed by atoms with E-state index in [2.05, 4.69) is 40.8 Å². The Morgan fingerprint density at radius 3 is 2.55 bits per heavy atom. The summed E-state index contributed by atoms with van der Waals surface area (Å²) in [5, 5.41) is 0. The Morgan fingerprint density at radius 2 is 2.09 bits per heavy atom. The molecule has 0 atom stereocenters. The van der Waals surface area contributed by atoms with Crippen LogP contribution < -0.4 is 0 Å². The zero-order valence-corrected chi connectivity index (χ0v) is 10.4. The lowest BCUT2D eigenvalue weighted by Gasteiger charge is -2.32. The largest absolute Gasteiger partial charge is 0.302 e. The average molecular weight is 304 g/mol. The molecule has 0 bridgehead atoms. The molecule has 0 unspecified atom stereocenters. The Bertz CT molecular complexity index is 120. The molecule has 0 heterocycles. The van der Waals surface area contributed by atoms with Gasteiger partial charge in [-0.3, -0.25) is 0 Å². The topological polar surface area (TPSA) is 9.23 Å². The number of thiol groups is 1. The third-order valence-corrected chi connectivity index (χ3v) is 3.60. The van der Waals surface area contributed by atoms with Gasteiger partial charge in [0.25, 0.3) is 0 Å². The number of rotatable bonds is 2. The van der Waals surface area contributed by atoms with Crippen LogP contribution in [0.15, 0.2) is 0 Å². The number of halogens is 1. The Morgan fingerprint density at radius 1 is 1.55 bits per heavy atom. The smallest absolute Gasteiger partial charge is 0.0733 e. The molecule has 0 amide bonds. The van der Waals surface area contributed by atoms with Gasteiger partial charge in [-0.05, 0) is 25.7 Å². The molecule has 0 spiro atoms. The van der Waals surface area contributed by atoms with E-state index in [4.69, 9.17) is 4.18 Å². The van der Waals surface area contributed by atoms with Gasteiger partial charge in [-0.2, -0.15) is 12.6 Å². The van der Waals surface area contributed by atoms with Crippen LogP contribution >= 0.6 is 43.0 Å². The van der Waals surface area contributed by atoms with Gasteiger partial charge in [0.2, 0.25) is 0 Å². The molecule has 0 radical (unpaired) electrons. The normalized spacial score (nSPS) is 39.0. The fourth-order valence-electron chi connectivity index (χ4n) is 1.36. The molecule has 66 valence electrons. The molecule has 1 aliphatic carbocycles. The van der Waals surface area contributed by atoms with Crippen molar-refractivity contribution < 1.29 is 4.18 Å². The second-order valence-electron chi connectivity index (χ2n) is 3.36. The van der Waals surface area contributed by atoms with E-state index in [0.29, 0.717) is 6.10 Å². The molecule has 0 aliphatic heterocycles. The van der Waals surface area contributed by atoms with Gasteiger partial charge in [0, 0.05) is 26.0 Å². The Hall–Kier alpha value is 1.39. The molecule has 0 aromatic heterocycles. The van der Waals surface area contributed by atoms with Crippen molar-refractivity contribution in [3.05, 3.63) is 0 Å². The highest BCUT2D eigenvalue weighted by Gasteiger charge is 2.28. The predicted molar refractivity (Wildman–Crippen MR) is 62.3 cm³/mol. The Balaban J connectivity index is 2.25. The monoisotopic (exact) mass is 304 g/mol. The molecule has 0 aromatic carbocycles. The van der Waals surface area contributed by atoms with Crippen molar-refractivity contribution in [2.24, 2.45) is 0 Å². The summed E-state index contributed by atoms with van der Waals surface area (Å²) in [5.74, 6) is 0. The molecule has 1 fully saturated rings. The van der Waals surface area contributed by atoms with E-state index in [1.807, 2.05) is 0 Å². The van der Waals surface area contributed by atoms with Gasteiger partial charge in [0.1, 0.15) is 0 Å². The highest BCUT2D eigenvalue weighted by molar-refractivity contribution is 14.2. The van der Waals surface area contributed by atoms with Crippen LogP contribution in [0.4, 0.5) is 0 Å². The molecule has 11 heavy (non-hydrogen) atoms. The molecule has 1 aliphatic rings. The Kier molecular flexibility index (Phi) is 4.36. The van der Waals surface area contributed by atoms with Gasteiger partial charge >= 0.3 is 0 Å². The third-order valence-electron chi connectivity index (χ3n) is 2.18. The maximum Gasteiger partial charge on any atom is 0.0733 e. The standard InChI is InChI=1S/C7H13IOS2/c1-7(10)4-2-6(3-5-7)9-11-8/h6,10H,2-5H2,1H3. The lowest BCUT2D eigenvalue weighted by atomic mass is 9.88. The van der Waals surface area contributed by atoms with Crippen LogP contribution in [0.1, 0.15) is 32.6 Å². The molecular weight excluding hydrogens is 291 g/mol.